The molecule has 11 nitrogen and oxygen atoms in total. The lowest BCUT2D eigenvalue weighted by molar-refractivity contribution is -0.181. The zero-order chi connectivity index (χ0) is 37.3. The van der Waals surface area contributed by atoms with Crippen LogP contribution in [0.15, 0.2) is 35.1 Å². The molecule has 0 aliphatic carbocycles. The molecule has 2 aliphatic heterocycles. The molecule has 15 heteroatoms. The number of fused-ring (bicyclic) bond motifs is 1. The normalized spacial score (nSPS) is 20.4. The Hall–Kier alpha value is -4.27. The third-order valence-electron chi connectivity index (χ3n) is 8.54. The van der Waals surface area contributed by atoms with Gasteiger partial charge >= 0.3 is 18.2 Å². The first-order valence-corrected chi connectivity index (χ1v) is 17.0. The molecule has 3 aromatic heterocycles. The van der Waals surface area contributed by atoms with Crippen LogP contribution in [0, 0.1) is 11.8 Å². The lowest BCUT2D eigenvalue weighted by atomic mass is 9.86. The molecule has 2 saturated heterocycles. The quantitative estimate of drug-likeness (QED) is 0.137. The van der Waals surface area contributed by atoms with E-state index >= 15 is 0 Å². The van der Waals surface area contributed by atoms with E-state index in [-0.39, 0.29) is 54.9 Å². The number of nitrogens with one attached hydrogen (secondary N) is 1. The molecule has 0 bridgehead atoms. The number of piperidine rings is 1. The standard InChI is InChI=1S/C36H45F4N5O6/c1-34(2,3)50-29(47)13-21-11-24(36(38,39)40)19-45(18-21)26-7-9-41-16-23(26)14-27(46)30-31-28(49-32(30)43-33(48)51-35(4,5)6)12-22(15-42-31)17-44-10-8-25(37)20-44/h7,9,12,15-16,21,24-25H,8,10-11,13-14,17-20H2,1-6H3,(H,43,48)/t21-,24-,25-/m1/s1. The number of halogens is 4. The predicted octanol–water partition coefficient (Wildman–Crippen LogP) is 7.28. The van der Waals surface area contributed by atoms with Crippen molar-refractivity contribution in [3.8, 4) is 0 Å². The maximum Gasteiger partial charge on any atom is 0.414 e. The van der Waals surface area contributed by atoms with Gasteiger partial charge in [0.25, 0.3) is 0 Å². The number of likely N-dealkylation sites (tertiary alicyclic amines) is 1. The number of amides is 1. The van der Waals surface area contributed by atoms with Gasteiger partial charge in [0.2, 0.25) is 5.88 Å². The second kappa shape index (κ2) is 14.8. The third-order valence-corrected chi connectivity index (χ3v) is 8.54. The number of ether oxygens (including phenoxy) is 2. The summed E-state index contributed by atoms with van der Waals surface area (Å²) in [6.07, 6.45) is -2.20. The summed E-state index contributed by atoms with van der Waals surface area (Å²) in [6, 6.07) is 3.22. The fraction of sp³-hybridized carbons (Fsp3) is 0.583. The second-order valence-electron chi connectivity index (χ2n) is 15.4. The number of ketones is 1. The molecule has 1 N–H and O–H groups in total. The van der Waals surface area contributed by atoms with Crippen LogP contribution in [0.5, 0.6) is 0 Å². The van der Waals surface area contributed by atoms with Gasteiger partial charge in [-0.05, 0) is 78.0 Å². The summed E-state index contributed by atoms with van der Waals surface area (Å²) in [6.45, 7) is 11.2. The Labute approximate surface area is 294 Å². The van der Waals surface area contributed by atoms with Crippen molar-refractivity contribution >= 4 is 40.5 Å². The van der Waals surface area contributed by atoms with Crippen LogP contribution in [0.3, 0.4) is 0 Å². The van der Waals surface area contributed by atoms with Crippen molar-refractivity contribution in [1.82, 2.24) is 14.9 Å². The SMILES string of the molecule is CC(C)(C)OC(=O)C[C@H]1C[C@@H](C(F)(F)F)CN(c2ccncc2CC(=O)c2c(NC(=O)OC(C)(C)C)oc3cc(CN4CC[C@@H](F)C4)cnc23)C1. The van der Waals surface area contributed by atoms with Crippen LogP contribution in [0.4, 0.5) is 33.9 Å². The zero-order valence-electron chi connectivity index (χ0n) is 29.7. The average Bonchev–Trinajstić information content (AvgIpc) is 3.56. The Morgan fingerprint density at radius 3 is 2.39 bits per heavy atom. The van der Waals surface area contributed by atoms with E-state index in [4.69, 9.17) is 13.9 Å². The van der Waals surface area contributed by atoms with Crippen molar-refractivity contribution < 1.29 is 45.8 Å². The maximum atomic E-state index is 14.2. The van der Waals surface area contributed by atoms with E-state index < -0.39 is 53.2 Å². The number of furan rings is 1. The van der Waals surface area contributed by atoms with E-state index in [9.17, 15) is 31.9 Å². The fourth-order valence-electron chi connectivity index (χ4n) is 6.57. The first-order valence-electron chi connectivity index (χ1n) is 17.0. The number of carbonyl (C=O) groups excluding carboxylic acids is 3. The van der Waals surface area contributed by atoms with Crippen molar-refractivity contribution in [3.63, 3.8) is 0 Å². The molecular weight excluding hydrogens is 674 g/mol. The predicted molar refractivity (Wildman–Crippen MR) is 181 cm³/mol. The minimum absolute atomic E-state index is 0.0446. The van der Waals surface area contributed by atoms with Crippen LogP contribution in [-0.2, 0) is 27.2 Å². The van der Waals surface area contributed by atoms with Crippen LogP contribution < -0.4 is 10.2 Å². The van der Waals surface area contributed by atoms with Gasteiger partial charge in [0.15, 0.2) is 11.4 Å². The van der Waals surface area contributed by atoms with Gasteiger partial charge in [0, 0.05) is 69.0 Å². The summed E-state index contributed by atoms with van der Waals surface area (Å²) >= 11 is 0. The fourth-order valence-corrected chi connectivity index (χ4v) is 6.57. The van der Waals surface area contributed by atoms with E-state index in [1.807, 2.05) is 4.90 Å². The minimum Gasteiger partial charge on any atom is -0.460 e. The highest BCUT2D eigenvalue weighted by molar-refractivity contribution is 6.12. The van der Waals surface area contributed by atoms with Gasteiger partial charge in [-0.1, -0.05) is 0 Å². The van der Waals surface area contributed by atoms with Crippen LogP contribution in [-0.4, -0.2) is 82.4 Å². The maximum absolute atomic E-state index is 14.2. The van der Waals surface area contributed by atoms with Gasteiger partial charge in [-0.15, -0.1) is 0 Å². The zero-order valence-corrected chi connectivity index (χ0v) is 29.7. The highest BCUT2D eigenvalue weighted by Crippen LogP contribution is 2.40. The first-order chi connectivity index (χ1) is 23.7. The van der Waals surface area contributed by atoms with Crippen molar-refractivity contribution in [2.24, 2.45) is 11.8 Å². The molecule has 0 radical (unpaired) electrons. The number of aromatic nitrogens is 2. The Morgan fingerprint density at radius 2 is 1.75 bits per heavy atom. The van der Waals surface area contributed by atoms with Gasteiger partial charge < -0.3 is 18.8 Å². The molecule has 2 aliphatic rings. The molecule has 0 spiro atoms. The van der Waals surface area contributed by atoms with Gasteiger partial charge in [-0.25, -0.2) is 9.18 Å². The molecule has 278 valence electrons. The molecule has 0 saturated carbocycles. The van der Waals surface area contributed by atoms with E-state index in [1.165, 1.54) is 12.4 Å². The molecule has 0 aromatic carbocycles. The largest absolute Gasteiger partial charge is 0.460 e. The Morgan fingerprint density at radius 1 is 1.02 bits per heavy atom. The highest BCUT2D eigenvalue weighted by Gasteiger charge is 2.45. The summed E-state index contributed by atoms with van der Waals surface area (Å²) < 4.78 is 73.1. The summed E-state index contributed by atoms with van der Waals surface area (Å²) in [5, 5.41) is 2.52. The Bertz CT molecular complexity index is 1750. The number of anilines is 2. The number of alkyl halides is 4. The molecule has 3 atom stereocenters. The number of esters is 1. The van der Waals surface area contributed by atoms with E-state index in [1.54, 1.807) is 64.8 Å². The van der Waals surface area contributed by atoms with E-state index in [0.717, 1.165) is 0 Å². The Kier molecular flexibility index (Phi) is 11.0. The summed E-state index contributed by atoms with van der Waals surface area (Å²) in [4.78, 5) is 51.7. The number of pyridine rings is 2. The van der Waals surface area contributed by atoms with E-state index in [2.05, 4.69) is 15.3 Å². The first kappa shape index (κ1) is 38.0. The van der Waals surface area contributed by atoms with Gasteiger partial charge in [0.1, 0.15) is 28.5 Å². The second-order valence-corrected chi connectivity index (χ2v) is 15.4. The lowest BCUT2D eigenvalue weighted by Crippen LogP contribution is -2.47. The Balaban J connectivity index is 1.44. The van der Waals surface area contributed by atoms with Gasteiger partial charge in [-0.2, -0.15) is 13.2 Å². The average molecular weight is 720 g/mol. The van der Waals surface area contributed by atoms with Crippen LogP contribution in [0.1, 0.15) is 82.3 Å². The lowest BCUT2D eigenvalue weighted by Gasteiger charge is -2.40. The van der Waals surface area contributed by atoms with Crippen molar-refractivity contribution in [2.75, 3.05) is 36.4 Å². The smallest absolute Gasteiger partial charge is 0.414 e. The van der Waals surface area contributed by atoms with E-state index in [0.29, 0.717) is 42.9 Å². The topological polar surface area (TPSA) is 127 Å². The number of hydrogen-bond acceptors (Lipinski definition) is 10. The summed E-state index contributed by atoms with van der Waals surface area (Å²) in [5.41, 5.74) is 0.101. The number of rotatable bonds is 9. The van der Waals surface area contributed by atoms with Crippen molar-refractivity contribution in [1.29, 1.82) is 0 Å². The molecule has 1 amide bonds. The van der Waals surface area contributed by atoms with Crippen molar-refractivity contribution in [2.45, 2.75) is 97.3 Å². The summed E-state index contributed by atoms with van der Waals surface area (Å²) in [5.74, 6) is -3.69. The molecule has 0 unspecified atom stereocenters. The summed E-state index contributed by atoms with van der Waals surface area (Å²) in [7, 11) is 0. The van der Waals surface area contributed by atoms with Crippen molar-refractivity contribution in [3.05, 3.63) is 47.4 Å². The number of Topliss-reactive ketones (excluding diaryl/α,β-unsaturated/α-hetero) is 1. The highest BCUT2D eigenvalue weighted by atomic mass is 19.4. The number of nitrogens with zero attached hydrogens (tertiary/aromatic N) is 4. The third kappa shape index (κ3) is 10.2. The molecule has 51 heavy (non-hydrogen) atoms. The molecule has 2 fully saturated rings. The van der Waals surface area contributed by atoms with Crippen LogP contribution >= 0.6 is 0 Å². The molecule has 5 rings (SSSR count). The van der Waals surface area contributed by atoms with Gasteiger partial charge in [0.05, 0.1) is 12.3 Å². The van der Waals surface area contributed by atoms with Crippen LogP contribution in [0.2, 0.25) is 0 Å². The molecular formula is C36H45F4N5O6. The number of carbonyl (C=O) groups is 3. The number of hydrogen-bond donors (Lipinski definition) is 1. The molecule has 3 aromatic rings. The monoisotopic (exact) mass is 719 g/mol. The molecule has 5 heterocycles. The van der Waals surface area contributed by atoms with Crippen LogP contribution in [0.25, 0.3) is 11.1 Å². The van der Waals surface area contributed by atoms with Gasteiger partial charge in [-0.3, -0.25) is 29.8 Å². The minimum atomic E-state index is -4.52.